The Morgan fingerprint density at radius 2 is 2.12 bits per heavy atom. The maximum Gasteiger partial charge on any atom is 0.145 e. The van der Waals surface area contributed by atoms with Gasteiger partial charge in [-0.2, -0.15) is 0 Å². The molecule has 1 aromatic rings. The first-order valence-corrected chi connectivity index (χ1v) is 5.43. The summed E-state index contributed by atoms with van der Waals surface area (Å²) >= 11 is 11.2. The highest BCUT2D eigenvalue weighted by Crippen LogP contribution is 2.29. The zero-order valence-corrected chi connectivity index (χ0v) is 10.6. The van der Waals surface area contributed by atoms with Gasteiger partial charge in [0.15, 0.2) is 0 Å². The summed E-state index contributed by atoms with van der Waals surface area (Å²) in [6.45, 7) is 0.452. The molecule has 0 spiro atoms. The Bertz CT molecular complexity index is 380. The highest BCUT2D eigenvalue weighted by Gasteiger charge is 2.04. The SMILES string of the molecule is COc1ccc(NCC(Cl)=CCl)c(OC)c1. The van der Waals surface area contributed by atoms with Gasteiger partial charge >= 0.3 is 0 Å². The Morgan fingerprint density at radius 1 is 1.38 bits per heavy atom. The van der Waals surface area contributed by atoms with Crippen molar-refractivity contribution in [2.45, 2.75) is 0 Å². The number of halogens is 2. The zero-order valence-electron chi connectivity index (χ0n) is 9.09. The number of rotatable bonds is 5. The number of methoxy groups -OCH3 is 2. The van der Waals surface area contributed by atoms with Crippen LogP contribution in [0.2, 0.25) is 0 Å². The number of hydrogen-bond donors (Lipinski definition) is 1. The molecule has 1 N–H and O–H groups in total. The average molecular weight is 262 g/mol. The van der Waals surface area contributed by atoms with Crippen LogP contribution in [-0.4, -0.2) is 20.8 Å². The molecule has 0 heterocycles. The molecule has 0 bridgehead atoms. The monoisotopic (exact) mass is 261 g/mol. The lowest BCUT2D eigenvalue weighted by Gasteiger charge is -2.11. The molecule has 0 aromatic heterocycles. The van der Waals surface area contributed by atoms with Gasteiger partial charge in [-0.3, -0.25) is 0 Å². The maximum atomic E-state index is 5.77. The average Bonchev–Trinajstić information content (AvgIpc) is 2.35. The summed E-state index contributed by atoms with van der Waals surface area (Å²) in [5, 5.41) is 3.63. The van der Waals surface area contributed by atoms with Gasteiger partial charge in [0, 0.05) is 16.6 Å². The van der Waals surface area contributed by atoms with Crippen LogP contribution in [0.4, 0.5) is 5.69 Å². The Hall–Kier alpha value is -1.06. The van der Waals surface area contributed by atoms with Gasteiger partial charge in [-0.15, -0.1) is 0 Å². The van der Waals surface area contributed by atoms with E-state index in [0.717, 1.165) is 11.4 Å². The smallest absolute Gasteiger partial charge is 0.145 e. The summed E-state index contributed by atoms with van der Waals surface area (Å²) in [4.78, 5) is 0. The van der Waals surface area contributed by atoms with Crippen LogP contribution in [0, 0.1) is 0 Å². The van der Waals surface area contributed by atoms with Gasteiger partial charge in [0.05, 0.1) is 26.5 Å². The van der Waals surface area contributed by atoms with Crippen LogP contribution in [0.5, 0.6) is 11.5 Å². The second-order valence-electron chi connectivity index (χ2n) is 2.98. The predicted molar refractivity (Wildman–Crippen MR) is 67.8 cm³/mol. The third-order valence-corrected chi connectivity index (χ3v) is 2.59. The summed E-state index contributed by atoms with van der Waals surface area (Å²) in [5.74, 6) is 1.43. The Labute approximate surface area is 105 Å². The van der Waals surface area contributed by atoms with E-state index in [2.05, 4.69) is 5.32 Å². The number of anilines is 1. The lowest BCUT2D eigenvalue weighted by molar-refractivity contribution is 0.395. The standard InChI is InChI=1S/C11H13Cl2NO2/c1-15-9-3-4-10(11(5-9)16-2)14-7-8(13)6-12/h3-6,14H,7H2,1-2H3. The van der Waals surface area contributed by atoms with Gasteiger partial charge < -0.3 is 14.8 Å². The minimum Gasteiger partial charge on any atom is -0.497 e. The third-order valence-electron chi connectivity index (χ3n) is 1.97. The highest BCUT2D eigenvalue weighted by molar-refractivity contribution is 6.36. The molecule has 0 unspecified atom stereocenters. The first-order valence-electron chi connectivity index (χ1n) is 4.62. The molecule has 0 saturated carbocycles. The minimum absolute atomic E-state index is 0.452. The van der Waals surface area contributed by atoms with E-state index in [1.54, 1.807) is 20.3 Å². The highest BCUT2D eigenvalue weighted by atomic mass is 35.5. The van der Waals surface area contributed by atoms with E-state index in [0.29, 0.717) is 17.3 Å². The molecule has 0 fully saturated rings. The van der Waals surface area contributed by atoms with E-state index in [-0.39, 0.29) is 0 Å². The number of hydrogen-bond acceptors (Lipinski definition) is 3. The van der Waals surface area contributed by atoms with Crippen molar-refractivity contribution in [2.75, 3.05) is 26.1 Å². The van der Waals surface area contributed by atoms with Crippen molar-refractivity contribution in [1.82, 2.24) is 0 Å². The van der Waals surface area contributed by atoms with Gasteiger partial charge in [-0.25, -0.2) is 0 Å². The number of nitrogens with one attached hydrogen (secondary N) is 1. The molecule has 3 nitrogen and oxygen atoms in total. The Kier molecular flexibility index (Phi) is 5.29. The van der Waals surface area contributed by atoms with Crippen molar-refractivity contribution in [3.8, 4) is 11.5 Å². The molecule has 0 atom stereocenters. The van der Waals surface area contributed by atoms with Crippen molar-refractivity contribution in [2.24, 2.45) is 0 Å². The van der Waals surface area contributed by atoms with E-state index in [1.165, 1.54) is 5.54 Å². The van der Waals surface area contributed by atoms with E-state index >= 15 is 0 Å². The molecule has 0 saturated heterocycles. The summed E-state index contributed by atoms with van der Waals surface area (Å²) in [6, 6.07) is 5.49. The van der Waals surface area contributed by atoms with Crippen molar-refractivity contribution in [1.29, 1.82) is 0 Å². The van der Waals surface area contributed by atoms with Gasteiger partial charge in [0.25, 0.3) is 0 Å². The van der Waals surface area contributed by atoms with Gasteiger partial charge in [-0.05, 0) is 12.1 Å². The molecule has 88 valence electrons. The predicted octanol–water partition coefficient (Wildman–Crippen LogP) is 3.43. The first kappa shape index (κ1) is 13.0. The van der Waals surface area contributed by atoms with Crippen molar-refractivity contribution in [3.63, 3.8) is 0 Å². The second-order valence-corrected chi connectivity index (χ2v) is 3.68. The fourth-order valence-electron chi connectivity index (χ4n) is 1.16. The van der Waals surface area contributed by atoms with Crippen molar-refractivity contribution in [3.05, 3.63) is 28.8 Å². The zero-order chi connectivity index (χ0) is 12.0. The Morgan fingerprint density at radius 3 is 2.69 bits per heavy atom. The third kappa shape index (κ3) is 3.51. The van der Waals surface area contributed by atoms with E-state index in [4.69, 9.17) is 32.7 Å². The minimum atomic E-state index is 0.452. The molecule has 1 rings (SSSR count). The van der Waals surface area contributed by atoms with E-state index in [1.807, 2.05) is 12.1 Å². The number of ether oxygens (including phenoxy) is 2. The quantitative estimate of drug-likeness (QED) is 0.881. The fraction of sp³-hybridized carbons (Fsp3) is 0.273. The molecular weight excluding hydrogens is 249 g/mol. The maximum absolute atomic E-state index is 5.77. The van der Waals surface area contributed by atoms with Crippen LogP contribution in [-0.2, 0) is 0 Å². The lowest BCUT2D eigenvalue weighted by Crippen LogP contribution is -2.03. The van der Waals surface area contributed by atoms with Crippen LogP contribution in [0.3, 0.4) is 0 Å². The van der Waals surface area contributed by atoms with Gasteiger partial charge in [0.1, 0.15) is 11.5 Å². The Balaban J connectivity index is 2.79. The van der Waals surface area contributed by atoms with Crippen LogP contribution in [0.1, 0.15) is 0 Å². The van der Waals surface area contributed by atoms with E-state index < -0.39 is 0 Å². The fourth-order valence-corrected chi connectivity index (χ4v) is 1.31. The molecule has 0 aliphatic heterocycles. The molecule has 0 aliphatic rings. The molecular formula is C11H13Cl2NO2. The lowest BCUT2D eigenvalue weighted by atomic mass is 10.2. The molecule has 0 aliphatic carbocycles. The van der Waals surface area contributed by atoms with E-state index in [9.17, 15) is 0 Å². The van der Waals surface area contributed by atoms with Crippen LogP contribution in [0.25, 0.3) is 0 Å². The molecule has 0 radical (unpaired) electrons. The second kappa shape index (κ2) is 6.51. The van der Waals surface area contributed by atoms with Crippen LogP contribution in [0.15, 0.2) is 28.8 Å². The normalized spacial score (nSPS) is 11.1. The largest absolute Gasteiger partial charge is 0.497 e. The molecule has 16 heavy (non-hydrogen) atoms. The van der Waals surface area contributed by atoms with Crippen molar-refractivity contribution < 1.29 is 9.47 Å². The molecule has 5 heteroatoms. The van der Waals surface area contributed by atoms with Crippen LogP contribution < -0.4 is 14.8 Å². The molecule has 1 aromatic carbocycles. The van der Waals surface area contributed by atoms with Crippen LogP contribution >= 0.6 is 23.2 Å². The first-order chi connectivity index (χ1) is 7.71. The summed E-state index contributed by atoms with van der Waals surface area (Å²) < 4.78 is 10.3. The summed E-state index contributed by atoms with van der Waals surface area (Å²) in [7, 11) is 3.20. The topological polar surface area (TPSA) is 30.5 Å². The summed E-state index contributed by atoms with van der Waals surface area (Å²) in [6.07, 6.45) is 0. The van der Waals surface area contributed by atoms with Gasteiger partial charge in [-0.1, -0.05) is 23.2 Å². The van der Waals surface area contributed by atoms with Crippen molar-refractivity contribution >= 4 is 28.9 Å². The number of benzene rings is 1. The summed E-state index contributed by atoms with van der Waals surface area (Å²) in [5.41, 5.74) is 2.16. The molecule has 0 amide bonds. The van der Waals surface area contributed by atoms with Gasteiger partial charge in [0.2, 0.25) is 0 Å².